The highest BCUT2D eigenvalue weighted by Crippen LogP contribution is 2.27. The van der Waals surface area contributed by atoms with Gasteiger partial charge in [0.15, 0.2) is 0 Å². The van der Waals surface area contributed by atoms with Crippen molar-refractivity contribution in [1.29, 1.82) is 0 Å². The largest absolute Gasteiger partial charge is 0.350 e. The summed E-state index contributed by atoms with van der Waals surface area (Å²) in [5.74, 6) is -0.00440. The van der Waals surface area contributed by atoms with Crippen molar-refractivity contribution in [3.63, 3.8) is 0 Å². The van der Waals surface area contributed by atoms with E-state index < -0.39 is 0 Å². The van der Waals surface area contributed by atoms with Crippen LogP contribution in [0.1, 0.15) is 32.7 Å². The summed E-state index contributed by atoms with van der Waals surface area (Å²) in [6.07, 6.45) is 3.66. The molecule has 0 atom stereocenters. The molecule has 1 N–H and O–H groups in total. The summed E-state index contributed by atoms with van der Waals surface area (Å²) in [5, 5.41) is 5.39. The lowest BCUT2D eigenvalue weighted by atomic mass is 10.1. The molecule has 142 valence electrons. The number of nitrogens with zero attached hydrogens (tertiary/aromatic N) is 3. The molecule has 0 radical (unpaired) electrons. The van der Waals surface area contributed by atoms with Gasteiger partial charge in [-0.3, -0.25) is 4.79 Å². The summed E-state index contributed by atoms with van der Waals surface area (Å²) in [5.41, 5.74) is 7.11. The van der Waals surface area contributed by atoms with Crippen molar-refractivity contribution in [3.8, 4) is 5.69 Å². The maximum Gasteiger partial charge on any atom is 0.270 e. The standard InChI is InChI=1S/C23H24N4O/c1-15-11-16(2)21-20(12-15)17(3)22(25-21)23(28)26(4)14-18-7-5-8-19(13-18)27-10-6-9-24-27/h5-13,25H,14H2,1-4H3. The third-order valence-electron chi connectivity index (χ3n) is 5.17. The van der Waals surface area contributed by atoms with E-state index >= 15 is 0 Å². The number of fused-ring (bicyclic) bond motifs is 1. The fourth-order valence-corrected chi connectivity index (χ4v) is 3.75. The van der Waals surface area contributed by atoms with Crippen LogP contribution >= 0.6 is 0 Å². The Bertz CT molecular complexity index is 1160. The number of hydrogen-bond donors (Lipinski definition) is 1. The van der Waals surface area contributed by atoms with Crippen LogP contribution in [-0.2, 0) is 6.54 Å². The quantitative estimate of drug-likeness (QED) is 0.571. The Morgan fingerprint density at radius 1 is 1.14 bits per heavy atom. The first-order valence-electron chi connectivity index (χ1n) is 9.38. The van der Waals surface area contributed by atoms with Gasteiger partial charge in [-0.2, -0.15) is 5.10 Å². The second-order valence-corrected chi connectivity index (χ2v) is 7.41. The van der Waals surface area contributed by atoms with E-state index in [-0.39, 0.29) is 5.91 Å². The van der Waals surface area contributed by atoms with Crippen molar-refractivity contribution in [2.24, 2.45) is 0 Å². The topological polar surface area (TPSA) is 53.9 Å². The van der Waals surface area contributed by atoms with E-state index in [2.05, 4.69) is 42.1 Å². The highest BCUT2D eigenvalue weighted by molar-refractivity contribution is 6.01. The maximum atomic E-state index is 13.1. The lowest BCUT2D eigenvalue weighted by Gasteiger charge is -2.17. The third kappa shape index (κ3) is 3.20. The zero-order valence-electron chi connectivity index (χ0n) is 16.7. The van der Waals surface area contributed by atoms with Crippen molar-refractivity contribution in [3.05, 3.63) is 82.8 Å². The number of benzene rings is 2. The van der Waals surface area contributed by atoms with Gasteiger partial charge in [0.05, 0.1) is 5.69 Å². The number of hydrogen-bond acceptors (Lipinski definition) is 2. The average molecular weight is 372 g/mol. The van der Waals surface area contributed by atoms with Gasteiger partial charge in [-0.25, -0.2) is 4.68 Å². The van der Waals surface area contributed by atoms with Gasteiger partial charge >= 0.3 is 0 Å². The molecule has 5 nitrogen and oxygen atoms in total. The Balaban J connectivity index is 1.61. The van der Waals surface area contributed by atoms with E-state index in [0.29, 0.717) is 12.2 Å². The number of amides is 1. The molecule has 2 heterocycles. The van der Waals surface area contributed by atoms with Crippen molar-refractivity contribution in [2.45, 2.75) is 27.3 Å². The van der Waals surface area contributed by atoms with Gasteiger partial charge in [-0.1, -0.05) is 23.8 Å². The molecular weight excluding hydrogens is 348 g/mol. The minimum Gasteiger partial charge on any atom is -0.350 e. The number of H-pyrrole nitrogens is 1. The van der Waals surface area contributed by atoms with Gasteiger partial charge in [-0.15, -0.1) is 0 Å². The summed E-state index contributed by atoms with van der Waals surface area (Å²) in [6, 6.07) is 14.3. The molecule has 28 heavy (non-hydrogen) atoms. The Kier molecular flexibility index (Phi) is 4.51. The Hall–Kier alpha value is -3.34. The third-order valence-corrected chi connectivity index (χ3v) is 5.17. The van der Waals surface area contributed by atoms with Crippen LogP contribution in [0.3, 0.4) is 0 Å². The van der Waals surface area contributed by atoms with Crippen LogP contribution in [0.5, 0.6) is 0 Å². The summed E-state index contributed by atoms with van der Waals surface area (Å²) in [7, 11) is 1.84. The molecule has 1 amide bonds. The van der Waals surface area contributed by atoms with Crippen molar-refractivity contribution >= 4 is 16.8 Å². The van der Waals surface area contributed by atoms with E-state index in [4.69, 9.17) is 0 Å². The van der Waals surface area contributed by atoms with Crippen LogP contribution in [-0.4, -0.2) is 32.6 Å². The van der Waals surface area contributed by atoms with Gasteiger partial charge in [-0.05, 0) is 61.7 Å². The van der Waals surface area contributed by atoms with Crippen LogP contribution in [0.25, 0.3) is 16.6 Å². The van der Waals surface area contributed by atoms with Gasteiger partial charge in [0.2, 0.25) is 0 Å². The highest BCUT2D eigenvalue weighted by Gasteiger charge is 2.19. The van der Waals surface area contributed by atoms with Crippen molar-refractivity contribution in [1.82, 2.24) is 19.7 Å². The number of carbonyl (C=O) groups is 1. The smallest absolute Gasteiger partial charge is 0.270 e. The van der Waals surface area contributed by atoms with Gasteiger partial charge in [0.1, 0.15) is 5.69 Å². The second kappa shape index (κ2) is 7.00. The molecule has 0 unspecified atom stereocenters. The Morgan fingerprint density at radius 3 is 2.71 bits per heavy atom. The number of carbonyl (C=O) groups excluding carboxylic acids is 1. The van der Waals surface area contributed by atoms with Crippen LogP contribution in [0.4, 0.5) is 0 Å². The van der Waals surface area contributed by atoms with E-state index in [1.807, 2.05) is 49.1 Å². The molecule has 5 heteroatoms. The van der Waals surface area contributed by atoms with Crippen molar-refractivity contribution < 1.29 is 4.79 Å². The zero-order chi connectivity index (χ0) is 19.8. The van der Waals surface area contributed by atoms with E-state index in [0.717, 1.165) is 33.3 Å². The maximum absolute atomic E-state index is 13.1. The minimum atomic E-state index is -0.00440. The molecule has 2 aromatic heterocycles. The first-order valence-corrected chi connectivity index (χ1v) is 9.38. The molecule has 0 aliphatic carbocycles. The van der Waals surface area contributed by atoms with Crippen LogP contribution in [0.2, 0.25) is 0 Å². The summed E-state index contributed by atoms with van der Waals surface area (Å²) in [4.78, 5) is 18.2. The Labute approximate surface area is 164 Å². The second-order valence-electron chi connectivity index (χ2n) is 7.41. The summed E-state index contributed by atoms with van der Waals surface area (Å²) >= 11 is 0. The van der Waals surface area contributed by atoms with Crippen LogP contribution in [0, 0.1) is 20.8 Å². The molecule has 2 aromatic carbocycles. The monoisotopic (exact) mass is 372 g/mol. The molecular formula is C23H24N4O. The Morgan fingerprint density at radius 2 is 1.96 bits per heavy atom. The summed E-state index contributed by atoms with van der Waals surface area (Å²) in [6.45, 7) is 6.70. The first-order chi connectivity index (χ1) is 13.4. The number of rotatable bonds is 4. The van der Waals surface area contributed by atoms with E-state index in [1.165, 1.54) is 5.56 Å². The SMILES string of the molecule is Cc1cc(C)c2[nH]c(C(=O)N(C)Cc3cccc(-n4cccn4)c3)c(C)c2c1. The molecule has 4 rings (SSSR count). The van der Waals surface area contributed by atoms with Crippen LogP contribution in [0.15, 0.2) is 54.9 Å². The van der Waals surface area contributed by atoms with Crippen molar-refractivity contribution in [2.75, 3.05) is 7.05 Å². The zero-order valence-corrected chi connectivity index (χ0v) is 16.7. The number of aromatic nitrogens is 3. The average Bonchev–Trinajstić information content (AvgIpc) is 3.31. The number of nitrogens with one attached hydrogen (secondary N) is 1. The number of aryl methyl sites for hydroxylation is 3. The normalized spacial score (nSPS) is 11.1. The molecule has 0 fully saturated rings. The van der Waals surface area contributed by atoms with E-state index in [1.54, 1.807) is 11.1 Å². The highest BCUT2D eigenvalue weighted by atomic mass is 16.2. The predicted octanol–water partition coefficient (Wildman–Crippen LogP) is 4.55. The lowest BCUT2D eigenvalue weighted by Crippen LogP contribution is -2.27. The fourth-order valence-electron chi connectivity index (χ4n) is 3.75. The minimum absolute atomic E-state index is 0.00440. The molecule has 4 aromatic rings. The molecule has 0 saturated carbocycles. The van der Waals surface area contributed by atoms with Gasteiger partial charge in [0.25, 0.3) is 5.91 Å². The molecule has 0 aliphatic rings. The molecule has 0 spiro atoms. The number of aromatic amines is 1. The van der Waals surface area contributed by atoms with E-state index in [9.17, 15) is 4.79 Å². The first kappa shape index (κ1) is 18.0. The lowest BCUT2D eigenvalue weighted by molar-refractivity contribution is 0.0779. The molecule has 0 aliphatic heterocycles. The fraction of sp³-hybridized carbons (Fsp3) is 0.217. The molecule has 0 bridgehead atoms. The van der Waals surface area contributed by atoms with Gasteiger partial charge in [0, 0.05) is 36.9 Å². The molecule has 0 saturated heterocycles. The predicted molar refractivity (Wildman–Crippen MR) is 112 cm³/mol. The van der Waals surface area contributed by atoms with Crippen LogP contribution < -0.4 is 0 Å². The summed E-state index contributed by atoms with van der Waals surface area (Å²) < 4.78 is 1.82. The van der Waals surface area contributed by atoms with Gasteiger partial charge < -0.3 is 9.88 Å².